The summed E-state index contributed by atoms with van der Waals surface area (Å²) in [6.07, 6.45) is 0.481. The maximum absolute atomic E-state index is 14.6. The van der Waals surface area contributed by atoms with Crippen LogP contribution >= 0.6 is 0 Å². The molecule has 1 aliphatic rings. The molecule has 2 aromatic heterocycles. The van der Waals surface area contributed by atoms with Crippen LogP contribution in [0.4, 0.5) is 17.6 Å². The number of fused-ring (bicyclic) bond motifs is 3. The van der Waals surface area contributed by atoms with E-state index in [0.717, 1.165) is 44.5 Å². The number of benzene rings is 4. The van der Waals surface area contributed by atoms with Crippen LogP contribution < -0.4 is 0 Å². The summed E-state index contributed by atoms with van der Waals surface area (Å²) >= 11 is 0. The Labute approximate surface area is 246 Å². The van der Waals surface area contributed by atoms with Gasteiger partial charge in [-0.2, -0.15) is 27.5 Å². The van der Waals surface area contributed by atoms with E-state index in [0.29, 0.717) is 11.1 Å². The molecule has 210 valence electrons. The Morgan fingerprint density at radius 2 is 0.884 bits per heavy atom. The molecule has 0 atom stereocenters. The Hall–Kier alpha value is -5.10. The highest BCUT2D eigenvalue weighted by atomic mass is 19.1. The molecule has 0 unspecified atom stereocenters. The van der Waals surface area contributed by atoms with Gasteiger partial charge in [-0.15, -0.1) is 0 Å². The van der Waals surface area contributed by atoms with Gasteiger partial charge >= 0.3 is 0 Å². The van der Waals surface area contributed by atoms with Crippen molar-refractivity contribution in [3.63, 3.8) is 0 Å². The van der Waals surface area contributed by atoms with Crippen LogP contribution in [0.25, 0.3) is 11.1 Å². The third-order valence-electron chi connectivity index (χ3n) is 8.25. The minimum atomic E-state index is -0.857. The predicted molar refractivity (Wildman–Crippen MR) is 158 cm³/mol. The van der Waals surface area contributed by atoms with E-state index in [1.165, 1.54) is 24.3 Å². The Morgan fingerprint density at radius 1 is 0.465 bits per heavy atom. The number of aromatic nitrogens is 2. The Balaban J connectivity index is 1.45. The van der Waals surface area contributed by atoms with Crippen molar-refractivity contribution in [1.82, 2.24) is 9.97 Å². The molecule has 1 aliphatic carbocycles. The van der Waals surface area contributed by atoms with Crippen molar-refractivity contribution < 1.29 is 17.6 Å². The maximum Gasteiger partial charge on any atom is 0.219 e. The first kappa shape index (κ1) is 26.8. The molecule has 0 radical (unpaired) electrons. The minimum Gasteiger partial charge on any atom is -0.190 e. The van der Waals surface area contributed by atoms with Crippen molar-refractivity contribution in [2.45, 2.75) is 18.3 Å². The van der Waals surface area contributed by atoms with Gasteiger partial charge in [-0.05, 0) is 68.8 Å². The van der Waals surface area contributed by atoms with Crippen LogP contribution in [0.15, 0.2) is 121 Å². The number of pyridine rings is 2. The van der Waals surface area contributed by atoms with E-state index in [1.54, 1.807) is 0 Å². The molecular formula is C37H24F4N2. The molecule has 0 amide bonds. The first-order chi connectivity index (χ1) is 20.9. The Kier molecular flexibility index (Phi) is 6.62. The minimum absolute atomic E-state index is 0.241. The summed E-state index contributed by atoms with van der Waals surface area (Å²) in [6, 6.07) is 37.8. The van der Waals surface area contributed by atoms with Crippen LogP contribution in [0.3, 0.4) is 0 Å². The average Bonchev–Trinajstić information content (AvgIpc) is 3.30. The summed E-state index contributed by atoms with van der Waals surface area (Å²) in [5.41, 5.74) is 7.79. The molecule has 0 N–H and O–H groups in total. The zero-order valence-electron chi connectivity index (χ0n) is 22.9. The smallest absolute Gasteiger partial charge is 0.190 e. The van der Waals surface area contributed by atoms with E-state index in [2.05, 4.69) is 58.5 Å². The third kappa shape index (κ3) is 4.59. The summed E-state index contributed by atoms with van der Waals surface area (Å²) < 4.78 is 56.2. The topological polar surface area (TPSA) is 25.8 Å². The van der Waals surface area contributed by atoms with Crippen LogP contribution in [0.5, 0.6) is 0 Å². The average molecular weight is 573 g/mol. The van der Waals surface area contributed by atoms with Gasteiger partial charge in [-0.1, -0.05) is 97.1 Å². The molecule has 4 aromatic carbocycles. The van der Waals surface area contributed by atoms with E-state index >= 15 is 0 Å². The van der Waals surface area contributed by atoms with Gasteiger partial charge in [0.15, 0.2) is 0 Å². The van der Waals surface area contributed by atoms with Gasteiger partial charge in [-0.3, -0.25) is 0 Å². The van der Waals surface area contributed by atoms with Gasteiger partial charge in [-0.25, -0.2) is 0 Å². The van der Waals surface area contributed by atoms with Crippen LogP contribution in [-0.2, 0) is 18.3 Å². The normalized spacial score (nSPS) is 13.0. The molecule has 6 aromatic rings. The number of nitrogens with zero attached hydrogens (tertiary/aromatic N) is 2. The second-order valence-electron chi connectivity index (χ2n) is 10.8. The third-order valence-corrected chi connectivity index (χ3v) is 8.25. The maximum atomic E-state index is 14.6. The van der Waals surface area contributed by atoms with Crippen LogP contribution in [0.1, 0.15) is 44.5 Å². The molecule has 0 saturated carbocycles. The van der Waals surface area contributed by atoms with E-state index in [9.17, 15) is 17.6 Å². The number of hydrogen-bond donors (Lipinski definition) is 0. The van der Waals surface area contributed by atoms with Crippen molar-refractivity contribution >= 4 is 0 Å². The van der Waals surface area contributed by atoms with E-state index in [4.69, 9.17) is 0 Å². The fourth-order valence-corrected chi connectivity index (χ4v) is 6.39. The largest absolute Gasteiger partial charge is 0.219 e. The second-order valence-corrected chi connectivity index (χ2v) is 10.8. The van der Waals surface area contributed by atoms with Crippen LogP contribution in [0.2, 0.25) is 0 Å². The lowest BCUT2D eigenvalue weighted by Crippen LogP contribution is -2.28. The molecule has 0 bridgehead atoms. The summed E-state index contributed by atoms with van der Waals surface area (Å²) in [5, 5.41) is 0. The molecule has 43 heavy (non-hydrogen) atoms. The van der Waals surface area contributed by atoms with Gasteiger partial charge in [0.25, 0.3) is 0 Å². The summed E-state index contributed by atoms with van der Waals surface area (Å²) in [5.74, 6) is -3.36. The fraction of sp³-hybridized carbons (Fsp3) is 0.0811. The first-order valence-corrected chi connectivity index (χ1v) is 13.9. The van der Waals surface area contributed by atoms with E-state index in [1.807, 2.05) is 48.5 Å². The monoisotopic (exact) mass is 572 g/mol. The SMILES string of the molecule is Fc1ccc(Cc2ccc3c(c2)C(c2ccccc2)(c2ccccc2)c2cc(Cc4ccc(F)nc4F)ccc2-3)c(F)n1. The number of halogens is 4. The lowest BCUT2D eigenvalue weighted by atomic mass is 9.67. The number of hydrogen-bond acceptors (Lipinski definition) is 2. The molecular weight excluding hydrogens is 548 g/mol. The highest BCUT2D eigenvalue weighted by Crippen LogP contribution is 2.56. The molecule has 0 spiro atoms. The van der Waals surface area contributed by atoms with Crippen molar-refractivity contribution in [2.24, 2.45) is 0 Å². The van der Waals surface area contributed by atoms with Crippen LogP contribution in [-0.4, -0.2) is 9.97 Å². The standard InChI is InChI=1S/C37H24F4N2/c38-33-17-13-25(35(40)42-33)19-23-11-15-29-30-16-12-24(20-26-14-18-34(39)43-36(26)41)22-32(30)37(31(29)21-23,27-7-3-1-4-8-27)28-9-5-2-6-10-28/h1-18,21-22H,19-20H2. The molecule has 6 heteroatoms. The van der Waals surface area contributed by atoms with Gasteiger partial charge in [0.1, 0.15) is 0 Å². The lowest BCUT2D eigenvalue weighted by molar-refractivity contribution is 0.504. The zero-order chi connectivity index (χ0) is 29.6. The highest BCUT2D eigenvalue weighted by Gasteiger charge is 2.46. The van der Waals surface area contributed by atoms with Crippen LogP contribution in [0, 0.1) is 23.8 Å². The van der Waals surface area contributed by atoms with Gasteiger partial charge < -0.3 is 0 Å². The lowest BCUT2D eigenvalue weighted by Gasteiger charge is -2.34. The Morgan fingerprint density at radius 3 is 1.28 bits per heavy atom. The van der Waals surface area contributed by atoms with Crippen molar-refractivity contribution in [3.05, 3.63) is 190 Å². The molecule has 0 saturated heterocycles. The highest BCUT2D eigenvalue weighted by molar-refractivity contribution is 5.86. The van der Waals surface area contributed by atoms with Crippen molar-refractivity contribution in [2.75, 3.05) is 0 Å². The molecule has 7 rings (SSSR count). The van der Waals surface area contributed by atoms with Crippen molar-refractivity contribution in [1.29, 1.82) is 0 Å². The van der Waals surface area contributed by atoms with Gasteiger partial charge in [0.05, 0.1) is 5.41 Å². The predicted octanol–water partition coefficient (Wildman–Crippen LogP) is 8.58. The zero-order valence-corrected chi connectivity index (χ0v) is 22.9. The molecule has 2 heterocycles. The summed E-state index contributed by atoms with van der Waals surface area (Å²) in [7, 11) is 0. The first-order valence-electron chi connectivity index (χ1n) is 13.9. The second kappa shape index (κ2) is 10.6. The number of rotatable bonds is 6. The van der Waals surface area contributed by atoms with E-state index < -0.39 is 29.2 Å². The summed E-state index contributed by atoms with van der Waals surface area (Å²) in [6.45, 7) is 0. The molecule has 0 fully saturated rings. The van der Waals surface area contributed by atoms with Crippen molar-refractivity contribution in [3.8, 4) is 11.1 Å². The quantitative estimate of drug-likeness (QED) is 0.147. The van der Waals surface area contributed by atoms with Gasteiger partial charge in [0, 0.05) is 24.0 Å². The van der Waals surface area contributed by atoms with Gasteiger partial charge in [0.2, 0.25) is 23.8 Å². The van der Waals surface area contributed by atoms with E-state index in [-0.39, 0.29) is 12.8 Å². The molecule has 0 aliphatic heterocycles. The Bertz CT molecular complexity index is 1830. The summed E-state index contributed by atoms with van der Waals surface area (Å²) in [4.78, 5) is 6.74. The fourth-order valence-electron chi connectivity index (χ4n) is 6.39. The molecule has 2 nitrogen and oxygen atoms in total.